The van der Waals surface area contributed by atoms with Crippen LogP contribution >= 0.6 is 7.75 Å². The molecule has 37 heavy (non-hydrogen) atoms. The number of hydrogen-bond donors (Lipinski definition) is 4. The average Bonchev–Trinajstić information content (AvgIpc) is 3.06. The number of nitrogens with one attached hydrogen (secondary N) is 2. The minimum absolute atomic E-state index is 0.164. The molecule has 0 amide bonds. The normalized spacial score (nSPS) is 26.7. The van der Waals surface area contributed by atoms with E-state index in [2.05, 4.69) is 10.1 Å². The van der Waals surface area contributed by atoms with Crippen LogP contribution in [0.15, 0.2) is 52.2 Å². The summed E-state index contributed by atoms with van der Waals surface area (Å²) in [4.78, 5) is 38.1. The third-order valence-corrected chi connectivity index (χ3v) is 7.23. The lowest BCUT2D eigenvalue weighted by Gasteiger charge is -2.29. The van der Waals surface area contributed by atoms with Crippen molar-refractivity contribution >= 4 is 21.6 Å². The topological polar surface area (TPSA) is 178 Å². The lowest BCUT2D eigenvalue weighted by Crippen LogP contribution is -2.39. The summed E-state index contributed by atoms with van der Waals surface area (Å²) in [7, 11) is 1.96. The molecule has 2 aromatic rings. The number of para-hydroxylation sites is 1. The molecule has 7 atom stereocenters. The number of carbonyl (C=O) groups is 1. The van der Waals surface area contributed by atoms with Crippen molar-refractivity contribution in [1.82, 2.24) is 14.6 Å². The average molecular weight is 537 g/mol. The molecule has 2 unspecified atom stereocenters. The predicted octanol–water partition coefficient (Wildman–Crippen LogP) is 0.248. The highest BCUT2D eigenvalue weighted by molar-refractivity contribution is 7.52. The SMILES string of the molecule is [B][C@]1(C)[C@H](O)[C@@H](COP(=O)(N[C@@H](C)C(=O)OC(C)CO)Oc2ccccc2)O[C@H]1n1ccc(=O)[nH]c1=O. The summed E-state index contributed by atoms with van der Waals surface area (Å²) < 4.78 is 36.6. The maximum Gasteiger partial charge on any atom is 0.459 e. The van der Waals surface area contributed by atoms with E-state index in [4.69, 9.17) is 31.5 Å². The summed E-state index contributed by atoms with van der Waals surface area (Å²) in [5.41, 5.74) is -1.42. The molecular weight excluding hydrogens is 508 g/mol. The molecule has 0 aliphatic carbocycles. The maximum absolute atomic E-state index is 13.6. The summed E-state index contributed by atoms with van der Waals surface area (Å²) in [6.07, 6.45) is -3.38. The summed E-state index contributed by atoms with van der Waals surface area (Å²) in [6.45, 7) is 3.37. The Kier molecular flexibility index (Phi) is 9.16. The van der Waals surface area contributed by atoms with E-state index < -0.39 is 74.1 Å². The van der Waals surface area contributed by atoms with Crippen molar-refractivity contribution in [3.8, 4) is 5.75 Å². The number of nitrogens with zero attached hydrogens (tertiary/aromatic N) is 1. The molecule has 15 heteroatoms. The van der Waals surface area contributed by atoms with Crippen molar-refractivity contribution in [2.24, 2.45) is 0 Å². The van der Waals surface area contributed by atoms with E-state index >= 15 is 0 Å². The number of aromatic amines is 1. The first-order valence-corrected chi connectivity index (χ1v) is 12.9. The standard InChI is InChI=1S/C22H29BN3O10P/c1-13(11-27)34-19(30)14(2)25-37(32,36-15-7-5-4-6-8-15)33-12-16-18(29)22(3,23)20(35-16)26-10-9-17(28)24-21(26)31/h4-10,13-14,16,18,20,27,29H,11-12H2,1-3H3,(H,25,32)(H,24,28,31)/t13?,14-,16+,18+,20+,22+,37?/m0/s1. The first-order chi connectivity index (χ1) is 17.4. The van der Waals surface area contributed by atoms with E-state index in [9.17, 15) is 24.1 Å². The number of benzene rings is 1. The molecule has 1 saturated heterocycles. The Morgan fingerprint density at radius 1 is 1.30 bits per heavy atom. The Morgan fingerprint density at radius 3 is 2.59 bits per heavy atom. The third kappa shape index (κ3) is 6.98. The minimum Gasteiger partial charge on any atom is -0.459 e. The van der Waals surface area contributed by atoms with Crippen molar-refractivity contribution in [2.45, 2.75) is 56.7 Å². The van der Waals surface area contributed by atoms with Gasteiger partial charge in [0.25, 0.3) is 5.56 Å². The summed E-state index contributed by atoms with van der Waals surface area (Å²) in [5.74, 6) is -0.650. The van der Waals surface area contributed by atoms with Crippen LogP contribution < -0.4 is 20.9 Å². The number of H-pyrrole nitrogens is 1. The molecule has 1 aromatic heterocycles. The van der Waals surface area contributed by atoms with Gasteiger partial charge >= 0.3 is 19.4 Å². The van der Waals surface area contributed by atoms with E-state index in [0.717, 1.165) is 10.6 Å². The van der Waals surface area contributed by atoms with Crippen LogP contribution in [0.5, 0.6) is 5.75 Å². The molecule has 4 N–H and O–H groups in total. The van der Waals surface area contributed by atoms with Gasteiger partial charge in [0.2, 0.25) is 0 Å². The van der Waals surface area contributed by atoms with E-state index in [1.165, 1.54) is 39.1 Å². The van der Waals surface area contributed by atoms with Crippen molar-refractivity contribution in [1.29, 1.82) is 0 Å². The quantitative estimate of drug-likeness (QED) is 0.175. The highest BCUT2D eigenvalue weighted by atomic mass is 31.2. The van der Waals surface area contributed by atoms with Gasteiger partial charge in [-0.2, -0.15) is 5.09 Å². The number of aliphatic hydroxyl groups is 2. The van der Waals surface area contributed by atoms with E-state index in [1.807, 2.05) is 0 Å². The Bertz CT molecular complexity index is 1240. The molecule has 13 nitrogen and oxygen atoms in total. The zero-order chi connectivity index (χ0) is 27.4. The largest absolute Gasteiger partial charge is 0.459 e. The van der Waals surface area contributed by atoms with Gasteiger partial charge in [0.1, 0.15) is 30.2 Å². The molecule has 0 bridgehead atoms. The molecular formula is C22H29BN3O10P. The van der Waals surface area contributed by atoms with Crippen LogP contribution in [0.1, 0.15) is 27.0 Å². The van der Waals surface area contributed by atoms with E-state index in [-0.39, 0.29) is 5.75 Å². The Labute approximate surface area is 213 Å². The van der Waals surface area contributed by atoms with E-state index in [0.29, 0.717) is 0 Å². The number of carbonyl (C=O) groups excluding carboxylic acids is 1. The number of aromatic nitrogens is 2. The van der Waals surface area contributed by atoms with Gasteiger partial charge in [-0.25, -0.2) is 9.36 Å². The summed E-state index contributed by atoms with van der Waals surface area (Å²) in [5, 5.41) is 20.9. The van der Waals surface area contributed by atoms with Gasteiger partial charge in [0, 0.05) is 17.6 Å². The molecule has 1 aliphatic heterocycles. The molecule has 3 rings (SSSR count). The first-order valence-electron chi connectivity index (χ1n) is 11.4. The molecule has 2 radical (unpaired) electrons. The predicted molar refractivity (Wildman–Crippen MR) is 131 cm³/mol. The maximum atomic E-state index is 13.6. The second-order valence-electron chi connectivity index (χ2n) is 8.83. The van der Waals surface area contributed by atoms with Crippen LogP contribution in [0.3, 0.4) is 0 Å². The summed E-state index contributed by atoms with van der Waals surface area (Å²) in [6, 6.07) is 7.95. The van der Waals surface area contributed by atoms with Gasteiger partial charge in [0.15, 0.2) is 0 Å². The third-order valence-electron chi connectivity index (χ3n) is 5.59. The van der Waals surface area contributed by atoms with Crippen LogP contribution in [0, 0.1) is 0 Å². The zero-order valence-electron chi connectivity index (χ0n) is 20.5. The van der Waals surface area contributed by atoms with Gasteiger partial charge < -0.3 is 24.2 Å². The van der Waals surface area contributed by atoms with Crippen molar-refractivity contribution < 1.29 is 38.1 Å². The minimum atomic E-state index is -4.29. The highest BCUT2D eigenvalue weighted by Gasteiger charge is 2.51. The van der Waals surface area contributed by atoms with Gasteiger partial charge in [-0.05, 0) is 26.0 Å². The van der Waals surface area contributed by atoms with Crippen LogP contribution in [0.2, 0.25) is 5.31 Å². The molecule has 0 saturated carbocycles. The highest BCUT2D eigenvalue weighted by Crippen LogP contribution is 2.50. The van der Waals surface area contributed by atoms with Crippen LogP contribution in [-0.2, 0) is 23.4 Å². The van der Waals surface area contributed by atoms with Crippen LogP contribution in [0.4, 0.5) is 0 Å². The monoisotopic (exact) mass is 537 g/mol. The van der Waals surface area contributed by atoms with E-state index in [1.54, 1.807) is 18.2 Å². The molecule has 1 aromatic carbocycles. The smallest absolute Gasteiger partial charge is 0.459 e. The Hall–Kier alpha value is -2.74. The molecule has 200 valence electrons. The molecule has 1 fully saturated rings. The fourth-order valence-electron chi connectivity index (χ4n) is 3.55. The lowest BCUT2D eigenvalue weighted by molar-refractivity contribution is -0.151. The second kappa shape index (κ2) is 11.8. The summed E-state index contributed by atoms with van der Waals surface area (Å²) >= 11 is 0. The number of rotatable bonds is 11. The molecule has 0 spiro atoms. The molecule has 1 aliphatic rings. The van der Waals surface area contributed by atoms with Crippen LogP contribution in [0.25, 0.3) is 0 Å². The Balaban J connectivity index is 1.79. The van der Waals surface area contributed by atoms with Crippen molar-refractivity contribution in [2.75, 3.05) is 13.2 Å². The number of ether oxygens (including phenoxy) is 2. The van der Waals surface area contributed by atoms with Gasteiger partial charge in [-0.3, -0.25) is 23.7 Å². The van der Waals surface area contributed by atoms with Crippen LogP contribution in [-0.4, -0.2) is 71.1 Å². The number of esters is 1. The fourth-order valence-corrected chi connectivity index (χ4v) is 5.05. The Morgan fingerprint density at radius 2 is 1.97 bits per heavy atom. The number of aliphatic hydroxyl groups excluding tert-OH is 2. The van der Waals surface area contributed by atoms with Gasteiger partial charge in [-0.1, -0.05) is 25.1 Å². The fraction of sp³-hybridized carbons (Fsp3) is 0.500. The van der Waals surface area contributed by atoms with Crippen molar-refractivity contribution in [3.63, 3.8) is 0 Å². The van der Waals surface area contributed by atoms with Gasteiger partial charge in [-0.15, -0.1) is 0 Å². The van der Waals surface area contributed by atoms with Gasteiger partial charge in [0.05, 0.1) is 27.2 Å². The zero-order valence-corrected chi connectivity index (χ0v) is 21.4. The molecule has 2 heterocycles. The lowest BCUT2D eigenvalue weighted by atomic mass is 9.65. The van der Waals surface area contributed by atoms with Crippen molar-refractivity contribution in [3.05, 3.63) is 63.4 Å². The number of hydrogen-bond acceptors (Lipinski definition) is 10. The first kappa shape index (κ1) is 28.8. The second-order valence-corrected chi connectivity index (χ2v) is 10.5.